The van der Waals surface area contributed by atoms with Crippen molar-refractivity contribution in [3.63, 3.8) is 0 Å². The predicted octanol–water partition coefficient (Wildman–Crippen LogP) is 3.93. The van der Waals surface area contributed by atoms with E-state index in [2.05, 4.69) is 44.8 Å². The number of benzene rings is 2. The molecule has 0 heterocycles. The molecular formula is C19H26ClIN4. The molecular weight excluding hydrogens is 447 g/mol. The molecule has 0 radical (unpaired) electrons. The van der Waals surface area contributed by atoms with Crippen molar-refractivity contribution in [3.05, 3.63) is 64.7 Å². The second kappa shape index (κ2) is 11.2. The van der Waals surface area contributed by atoms with Gasteiger partial charge in [-0.15, -0.1) is 24.0 Å². The van der Waals surface area contributed by atoms with Gasteiger partial charge in [0.25, 0.3) is 0 Å². The molecule has 0 spiro atoms. The topological polar surface area (TPSA) is 39.7 Å². The zero-order valence-electron chi connectivity index (χ0n) is 14.9. The highest BCUT2D eigenvalue weighted by atomic mass is 127. The monoisotopic (exact) mass is 472 g/mol. The third kappa shape index (κ3) is 7.52. The molecule has 25 heavy (non-hydrogen) atoms. The first-order chi connectivity index (χ1) is 11.6. The van der Waals surface area contributed by atoms with Gasteiger partial charge in [0, 0.05) is 44.9 Å². The third-order valence-electron chi connectivity index (χ3n) is 3.76. The first-order valence-corrected chi connectivity index (χ1v) is 8.41. The minimum Gasteiger partial charge on any atom is -0.378 e. The van der Waals surface area contributed by atoms with E-state index in [1.54, 1.807) is 7.05 Å². The lowest BCUT2D eigenvalue weighted by Gasteiger charge is -2.14. The minimum absolute atomic E-state index is 0. The van der Waals surface area contributed by atoms with Crippen LogP contribution in [0, 0.1) is 0 Å². The van der Waals surface area contributed by atoms with Crippen LogP contribution in [0.3, 0.4) is 0 Å². The minimum atomic E-state index is 0. The fourth-order valence-corrected chi connectivity index (χ4v) is 2.42. The maximum absolute atomic E-state index is 5.90. The quantitative estimate of drug-likeness (QED) is 0.380. The van der Waals surface area contributed by atoms with Crippen LogP contribution in [0.25, 0.3) is 0 Å². The zero-order chi connectivity index (χ0) is 17.4. The summed E-state index contributed by atoms with van der Waals surface area (Å²) in [4.78, 5) is 6.35. The van der Waals surface area contributed by atoms with Crippen LogP contribution in [0.15, 0.2) is 53.5 Å². The standard InChI is InChI=1S/C19H25ClN4.HI/c1-21-19(23-14-16-4-8-17(20)9-5-16)22-13-12-15-6-10-18(11-7-15)24(2)3;/h4-11H,12-14H2,1-3H3,(H2,21,22,23);1H. The Morgan fingerprint density at radius 2 is 1.56 bits per heavy atom. The van der Waals surface area contributed by atoms with E-state index in [-0.39, 0.29) is 24.0 Å². The summed E-state index contributed by atoms with van der Waals surface area (Å²) >= 11 is 5.90. The molecule has 0 aromatic heterocycles. The van der Waals surface area contributed by atoms with Crippen molar-refractivity contribution in [2.24, 2.45) is 4.99 Å². The molecule has 0 fully saturated rings. The van der Waals surface area contributed by atoms with E-state index in [0.29, 0.717) is 6.54 Å². The number of aliphatic imine (C=N–C) groups is 1. The van der Waals surface area contributed by atoms with Gasteiger partial charge in [-0.3, -0.25) is 4.99 Å². The Morgan fingerprint density at radius 3 is 2.12 bits per heavy atom. The molecule has 2 rings (SSSR count). The predicted molar refractivity (Wildman–Crippen MR) is 120 cm³/mol. The number of guanidine groups is 1. The number of nitrogens with zero attached hydrogens (tertiary/aromatic N) is 2. The molecule has 2 aromatic carbocycles. The average Bonchev–Trinajstić information content (AvgIpc) is 2.59. The van der Waals surface area contributed by atoms with Crippen LogP contribution in [0.4, 0.5) is 5.69 Å². The molecule has 4 nitrogen and oxygen atoms in total. The van der Waals surface area contributed by atoms with Gasteiger partial charge in [0.05, 0.1) is 0 Å². The highest BCUT2D eigenvalue weighted by Crippen LogP contribution is 2.12. The van der Waals surface area contributed by atoms with Crippen LogP contribution in [0.1, 0.15) is 11.1 Å². The number of hydrogen-bond donors (Lipinski definition) is 2. The second-order valence-corrected chi connectivity index (χ2v) is 6.23. The van der Waals surface area contributed by atoms with Crippen molar-refractivity contribution in [2.75, 3.05) is 32.6 Å². The maximum atomic E-state index is 5.90. The number of hydrogen-bond acceptors (Lipinski definition) is 2. The van der Waals surface area contributed by atoms with E-state index in [1.807, 2.05) is 38.4 Å². The Labute approximate surface area is 172 Å². The molecule has 0 saturated heterocycles. The lowest BCUT2D eigenvalue weighted by atomic mass is 10.1. The molecule has 0 aliphatic rings. The van der Waals surface area contributed by atoms with Crippen molar-refractivity contribution in [2.45, 2.75) is 13.0 Å². The van der Waals surface area contributed by atoms with E-state index in [0.717, 1.165) is 23.9 Å². The van der Waals surface area contributed by atoms with Gasteiger partial charge < -0.3 is 15.5 Å². The van der Waals surface area contributed by atoms with Crippen LogP contribution in [0.5, 0.6) is 0 Å². The van der Waals surface area contributed by atoms with Crippen LogP contribution >= 0.6 is 35.6 Å². The Bertz CT molecular complexity index is 654. The highest BCUT2D eigenvalue weighted by molar-refractivity contribution is 14.0. The Morgan fingerprint density at radius 1 is 0.960 bits per heavy atom. The smallest absolute Gasteiger partial charge is 0.191 e. The Balaban J connectivity index is 0.00000312. The molecule has 0 aliphatic carbocycles. The van der Waals surface area contributed by atoms with Gasteiger partial charge in [0.15, 0.2) is 5.96 Å². The van der Waals surface area contributed by atoms with E-state index in [1.165, 1.54) is 16.8 Å². The van der Waals surface area contributed by atoms with E-state index in [4.69, 9.17) is 11.6 Å². The summed E-state index contributed by atoms with van der Waals surface area (Å²) in [5.41, 5.74) is 3.69. The Hall–Kier alpha value is -1.47. The lowest BCUT2D eigenvalue weighted by molar-refractivity contribution is 0.794. The Kier molecular flexibility index (Phi) is 9.67. The van der Waals surface area contributed by atoms with Gasteiger partial charge in [-0.25, -0.2) is 0 Å². The fraction of sp³-hybridized carbons (Fsp3) is 0.316. The first-order valence-electron chi connectivity index (χ1n) is 8.03. The molecule has 2 N–H and O–H groups in total. The molecule has 136 valence electrons. The molecule has 0 amide bonds. The van der Waals surface area contributed by atoms with Gasteiger partial charge in [0.2, 0.25) is 0 Å². The molecule has 0 bridgehead atoms. The van der Waals surface area contributed by atoms with Crippen LogP contribution < -0.4 is 15.5 Å². The van der Waals surface area contributed by atoms with E-state index >= 15 is 0 Å². The van der Waals surface area contributed by atoms with Crippen molar-refractivity contribution in [1.29, 1.82) is 0 Å². The largest absolute Gasteiger partial charge is 0.378 e. The van der Waals surface area contributed by atoms with Gasteiger partial charge in [-0.2, -0.15) is 0 Å². The summed E-state index contributed by atoms with van der Waals surface area (Å²) in [7, 11) is 5.88. The van der Waals surface area contributed by atoms with Crippen molar-refractivity contribution < 1.29 is 0 Å². The van der Waals surface area contributed by atoms with Gasteiger partial charge >= 0.3 is 0 Å². The fourth-order valence-electron chi connectivity index (χ4n) is 2.29. The number of anilines is 1. The zero-order valence-corrected chi connectivity index (χ0v) is 18.0. The van der Waals surface area contributed by atoms with Crippen LogP contribution in [0.2, 0.25) is 5.02 Å². The molecule has 0 atom stereocenters. The summed E-state index contributed by atoms with van der Waals surface area (Å²) in [6, 6.07) is 16.4. The number of halogens is 2. The van der Waals surface area contributed by atoms with Gasteiger partial charge in [-0.1, -0.05) is 35.9 Å². The lowest BCUT2D eigenvalue weighted by Crippen LogP contribution is -2.37. The number of rotatable bonds is 6. The van der Waals surface area contributed by atoms with Crippen molar-refractivity contribution in [3.8, 4) is 0 Å². The third-order valence-corrected chi connectivity index (χ3v) is 4.01. The van der Waals surface area contributed by atoms with Gasteiger partial charge in [0.1, 0.15) is 0 Å². The molecule has 0 unspecified atom stereocenters. The summed E-state index contributed by atoms with van der Waals surface area (Å²) in [6.45, 7) is 1.55. The van der Waals surface area contributed by atoms with Crippen molar-refractivity contribution in [1.82, 2.24) is 10.6 Å². The molecule has 6 heteroatoms. The SMILES string of the molecule is CN=C(NCCc1ccc(N(C)C)cc1)NCc1ccc(Cl)cc1.I. The average molecular weight is 473 g/mol. The van der Waals surface area contributed by atoms with E-state index < -0.39 is 0 Å². The number of nitrogens with one attached hydrogen (secondary N) is 2. The van der Waals surface area contributed by atoms with Crippen LogP contribution in [-0.2, 0) is 13.0 Å². The van der Waals surface area contributed by atoms with Crippen molar-refractivity contribution >= 4 is 47.2 Å². The summed E-state index contributed by atoms with van der Waals surface area (Å²) in [5.74, 6) is 0.801. The molecule has 2 aromatic rings. The van der Waals surface area contributed by atoms with Gasteiger partial charge in [-0.05, 0) is 41.8 Å². The van der Waals surface area contributed by atoms with E-state index in [9.17, 15) is 0 Å². The molecule has 0 aliphatic heterocycles. The normalized spacial score (nSPS) is 10.8. The maximum Gasteiger partial charge on any atom is 0.191 e. The highest BCUT2D eigenvalue weighted by Gasteiger charge is 2.00. The summed E-state index contributed by atoms with van der Waals surface area (Å²) in [5, 5.41) is 7.40. The van der Waals surface area contributed by atoms with Crippen LogP contribution in [-0.4, -0.2) is 33.6 Å². The summed E-state index contributed by atoms with van der Waals surface area (Å²) in [6.07, 6.45) is 0.954. The summed E-state index contributed by atoms with van der Waals surface area (Å²) < 4.78 is 0. The molecule has 0 saturated carbocycles. The first kappa shape index (κ1) is 21.6. The second-order valence-electron chi connectivity index (χ2n) is 5.79.